The SMILES string of the molecule is Cc1cc(-c2cccc(-c3cc(-c4ccccc4)nc(C4=NC=CCC=C4)n3)c2)c2ccc3ccc(-c4ccccc4)nc3c2n1. The molecule has 0 radical (unpaired) electrons. The van der Waals surface area contributed by atoms with E-state index in [2.05, 4.69) is 96.0 Å². The molecular formula is C41H29N5. The molecule has 0 aliphatic carbocycles. The molecule has 4 heterocycles. The molecule has 0 spiro atoms. The third-order valence-electron chi connectivity index (χ3n) is 8.20. The molecule has 0 N–H and O–H groups in total. The van der Waals surface area contributed by atoms with Gasteiger partial charge in [-0.05, 0) is 54.8 Å². The third-order valence-corrected chi connectivity index (χ3v) is 8.20. The van der Waals surface area contributed by atoms with Gasteiger partial charge < -0.3 is 0 Å². The fraction of sp³-hybridized carbons (Fsp3) is 0.0488. The Balaban J connectivity index is 1.28. The maximum absolute atomic E-state index is 5.11. The number of hydrogen-bond donors (Lipinski definition) is 0. The van der Waals surface area contributed by atoms with Gasteiger partial charge in [-0.15, -0.1) is 0 Å². The standard InChI is InChI=1S/C41H29N5/c1-27-24-34(33-21-19-30-20-22-35(28-12-5-2-6-13-28)44-39(30)40(33)43-27)31-16-11-17-32(25-31)38-26-37(29-14-7-3-8-15-29)45-41(46-38)36-18-9-4-10-23-42-36/h2-3,5-26H,4H2,1H3. The summed E-state index contributed by atoms with van der Waals surface area (Å²) in [7, 11) is 0. The summed E-state index contributed by atoms with van der Waals surface area (Å²) in [6.45, 7) is 2.05. The van der Waals surface area contributed by atoms with Crippen molar-refractivity contribution in [2.45, 2.75) is 13.3 Å². The lowest BCUT2D eigenvalue weighted by molar-refractivity contribution is 1.14. The molecule has 0 saturated carbocycles. The first-order chi connectivity index (χ1) is 22.7. The Morgan fingerprint density at radius 3 is 2.02 bits per heavy atom. The normalized spacial score (nSPS) is 12.8. The summed E-state index contributed by atoms with van der Waals surface area (Å²) >= 11 is 0. The molecule has 4 aromatic carbocycles. The van der Waals surface area contributed by atoms with E-state index < -0.39 is 0 Å². The molecule has 5 heteroatoms. The van der Waals surface area contributed by atoms with Crippen LogP contribution in [0, 0.1) is 6.92 Å². The number of rotatable bonds is 5. The first kappa shape index (κ1) is 27.5. The van der Waals surface area contributed by atoms with Gasteiger partial charge in [-0.1, -0.05) is 109 Å². The van der Waals surface area contributed by atoms with E-state index in [9.17, 15) is 0 Å². The smallest absolute Gasteiger partial charge is 0.179 e. The summed E-state index contributed by atoms with van der Waals surface area (Å²) in [5, 5.41) is 2.13. The van der Waals surface area contributed by atoms with E-state index in [1.54, 1.807) is 0 Å². The number of aliphatic imine (C=N–C) groups is 1. The second-order valence-corrected chi connectivity index (χ2v) is 11.4. The molecule has 0 atom stereocenters. The van der Waals surface area contributed by atoms with Crippen molar-refractivity contribution in [2.75, 3.05) is 0 Å². The second kappa shape index (κ2) is 11.8. The maximum Gasteiger partial charge on any atom is 0.179 e. The summed E-state index contributed by atoms with van der Waals surface area (Å²) in [4.78, 5) is 24.7. The van der Waals surface area contributed by atoms with Gasteiger partial charge in [0.15, 0.2) is 5.82 Å². The Morgan fingerprint density at radius 2 is 1.22 bits per heavy atom. The Kier molecular flexibility index (Phi) is 7.04. The van der Waals surface area contributed by atoms with Crippen molar-refractivity contribution in [1.82, 2.24) is 19.9 Å². The van der Waals surface area contributed by atoms with Crippen molar-refractivity contribution in [1.29, 1.82) is 0 Å². The summed E-state index contributed by atoms with van der Waals surface area (Å²) in [6, 6.07) is 41.8. The fourth-order valence-electron chi connectivity index (χ4n) is 5.95. The summed E-state index contributed by atoms with van der Waals surface area (Å²) < 4.78 is 0. The van der Waals surface area contributed by atoms with Crippen LogP contribution in [0.3, 0.4) is 0 Å². The van der Waals surface area contributed by atoms with E-state index >= 15 is 0 Å². The molecule has 8 rings (SSSR count). The van der Waals surface area contributed by atoms with Crippen molar-refractivity contribution in [3.05, 3.63) is 157 Å². The van der Waals surface area contributed by atoms with Crippen molar-refractivity contribution >= 4 is 27.5 Å². The molecule has 0 amide bonds. The van der Waals surface area contributed by atoms with E-state index in [0.717, 1.165) is 84.5 Å². The molecule has 7 aromatic rings. The predicted molar refractivity (Wildman–Crippen MR) is 189 cm³/mol. The van der Waals surface area contributed by atoms with Crippen LogP contribution in [-0.4, -0.2) is 25.6 Å². The molecular weight excluding hydrogens is 562 g/mol. The number of pyridine rings is 2. The lowest BCUT2D eigenvalue weighted by Gasteiger charge is -2.13. The van der Waals surface area contributed by atoms with E-state index in [0.29, 0.717) is 5.82 Å². The van der Waals surface area contributed by atoms with Crippen LogP contribution in [0.15, 0.2) is 151 Å². The van der Waals surface area contributed by atoms with Gasteiger partial charge in [-0.3, -0.25) is 9.98 Å². The Hall–Kier alpha value is -6.07. The zero-order chi connectivity index (χ0) is 30.9. The van der Waals surface area contributed by atoms with Gasteiger partial charge in [0.1, 0.15) is 5.71 Å². The van der Waals surface area contributed by atoms with Crippen molar-refractivity contribution in [3.8, 4) is 44.9 Å². The molecule has 1 aliphatic rings. The van der Waals surface area contributed by atoms with E-state index in [4.69, 9.17) is 19.9 Å². The molecule has 218 valence electrons. The van der Waals surface area contributed by atoms with Gasteiger partial charge >= 0.3 is 0 Å². The van der Waals surface area contributed by atoms with Gasteiger partial charge in [0, 0.05) is 39.4 Å². The molecule has 3 aromatic heterocycles. The molecule has 46 heavy (non-hydrogen) atoms. The first-order valence-electron chi connectivity index (χ1n) is 15.4. The third kappa shape index (κ3) is 5.29. The molecule has 0 unspecified atom stereocenters. The highest BCUT2D eigenvalue weighted by Crippen LogP contribution is 2.35. The van der Waals surface area contributed by atoms with Crippen LogP contribution >= 0.6 is 0 Å². The summed E-state index contributed by atoms with van der Waals surface area (Å²) in [5.74, 6) is 0.599. The van der Waals surface area contributed by atoms with Gasteiger partial charge in [0.05, 0.1) is 28.1 Å². The number of nitrogens with zero attached hydrogens (tertiary/aromatic N) is 5. The first-order valence-corrected chi connectivity index (χ1v) is 15.4. The minimum absolute atomic E-state index is 0.599. The van der Waals surface area contributed by atoms with Crippen molar-refractivity contribution < 1.29 is 0 Å². The largest absolute Gasteiger partial charge is 0.253 e. The summed E-state index contributed by atoms with van der Waals surface area (Å²) in [6.07, 6.45) is 8.76. The lowest BCUT2D eigenvalue weighted by atomic mass is 9.96. The highest BCUT2D eigenvalue weighted by Gasteiger charge is 2.15. The van der Waals surface area contributed by atoms with E-state index in [1.165, 1.54) is 0 Å². The predicted octanol–water partition coefficient (Wildman–Crippen LogP) is 9.81. The van der Waals surface area contributed by atoms with E-state index in [-0.39, 0.29) is 0 Å². The molecule has 1 aliphatic heterocycles. The topological polar surface area (TPSA) is 63.9 Å². The molecule has 5 nitrogen and oxygen atoms in total. The highest BCUT2D eigenvalue weighted by atomic mass is 14.9. The lowest BCUT2D eigenvalue weighted by Crippen LogP contribution is -2.06. The van der Waals surface area contributed by atoms with Crippen molar-refractivity contribution in [2.24, 2.45) is 4.99 Å². The van der Waals surface area contributed by atoms with Gasteiger partial charge in [-0.25, -0.2) is 15.0 Å². The molecule has 0 fully saturated rings. The highest BCUT2D eigenvalue weighted by molar-refractivity contribution is 6.09. The van der Waals surface area contributed by atoms with Gasteiger partial charge in [-0.2, -0.15) is 0 Å². The Bertz CT molecular complexity index is 2340. The zero-order valence-corrected chi connectivity index (χ0v) is 25.3. The van der Waals surface area contributed by atoms with Crippen LogP contribution in [0.25, 0.3) is 66.7 Å². The van der Waals surface area contributed by atoms with Crippen LogP contribution in [-0.2, 0) is 0 Å². The number of benzene rings is 4. The molecule has 0 bridgehead atoms. The summed E-state index contributed by atoms with van der Waals surface area (Å²) in [5.41, 5.74) is 11.4. The zero-order valence-electron chi connectivity index (χ0n) is 25.3. The fourth-order valence-corrected chi connectivity index (χ4v) is 5.95. The van der Waals surface area contributed by atoms with Crippen molar-refractivity contribution in [3.63, 3.8) is 0 Å². The maximum atomic E-state index is 5.11. The molecule has 0 saturated heterocycles. The minimum Gasteiger partial charge on any atom is -0.253 e. The number of aromatic nitrogens is 4. The van der Waals surface area contributed by atoms with Crippen LogP contribution in [0.4, 0.5) is 0 Å². The van der Waals surface area contributed by atoms with Gasteiger partial charge in [0.25, 0.3) is 0 Å². The number of hydrogen-bond acceptors (Lipinski definition) is 5. The monoisotopic (exact) mass is 591 g/mol. The average molecular weight is 592 g/mol. The van der Waals surface area contributed by atoms with Crippen LogP contribution < -0.4 is 0 Å². The van der Waals surface area contributed by atoms with Gasteiger partial charge in [0.2, 0.25) is 0 Å². The van der Waals surface area contributed by atoms with Crippen LogP contribution in [0.5, 0.6) is 0 Å². The van der Waals surface area contributed by atoms with Crippen LogP contribution in [0.1, 0.15) is 17.9 Å². The minimum atomic E-state index is 0.599. The number of fused-ring (bicyclic) bond motifs is 3. The quantitative estimate of drug-likeness (QED) is 0.187. The van der Waals surface area contributed by atoms with Crippen LogP contribution in [0.2, 0.25) is 0 Å². The van der Waals surface area contributed by atoms with E-state index in [1.807, 2.05) is 61.7 Å². The Labute approximate surface area is 267 Å². The average Bonchev–Trinajstić information content (AvgIpc) is 3.42. The number of allylic oxidation sites excluding steroid dienone is 3. The Morgan fingerprint density at radius 1 is 0.522 bits per heavy atom. The number of aryl methyl sites for hydroxylation is 1. The second-order valence-electron chi connectivity index (χ2n) is 11.4.